The number of hydrogen-bond donors (Lipinski definition) is 1. The van der Waals surface area contributed by atoms with Gasteiger partial charge in [0.1, 0.15) is 12.7 Å². The maximum Gasteiger partial charge on any atom is 0.248 e. The van der Waals surface area contributed by atoms with Crippen LogP contribution in [0.15, 0.2) is 41.7 Å². The van der Waals surface area contributed by atoms with Crippen LogP contribution in [-0.2, 0) is 0 Å². The monoisotopic (exact) mass is 226 g/mol. The highest BCUT2D eigenvalue weighted by atomic mass is 16.1. The van der Waals surface area contributed by atoms with Crippen LogP contribution in [0.3, 0.4) is 0 Å². The van der Waals surface area contributed by atoms with Crippen molar-refractivity contribution in [3.63, 3.8) is 0 Å². The standard InChI is InChI=1S/C12H10N4O/c1-8-4-10(16-7-13-6-14-16)5-9-2-3-11(17)15-12(8)9/h2-7H,1H3,(H,15,17). The van der Waals surface area contributed by atoms with Gasteiger partial charge in [-0.05, 0) is 30.7 Å². The van der Waals surface area contributed by atoms with Crippen molar-refractivity contribution in [2.75, 3.05) is 0 Å². The maximum absolute atomic E-state index is 11.3. The van der Waals surface area contributed by atoms with Crippen molar-refractivity contribution in [1.82, 2.24) is 19.7 Å². The summed E-state index contributed by atoms with van der Waals surface area (Å²) in [6.45, 7) is 1.96. The lowest BCUT2D eigenvalue weighted by Gasteiger charge is -2.06. The Morgan fingerprint density at radius 3 is 2.94 bits per heavy atom. The number of rotatable bonds is 1. The Morgan fingerprint density at radius 2 is 2.18 bits per heavy atom. The van der Waals surface area contributed by atoms with E-state index in [0.717, 1.165) is 22.2 Å². The topological polar surface area (TPSA) is 63.6 Å². The molecule has 5 heteroatoms. The van der Waals surface area contributed by atoms with E-state index in [1.54, 1.807) is 11.0 Å². The smallest absolute Gasteiger partial charge is 0.248 e. The molecular weight excluding hydrogens is 216 g/mol. The zero-order chi connectivity index (χ0) is 11.8. The van der Waals surface area contributed by atoms with Gasteiger partial charge in [0.25, 0.3) is 0 Å². The number of pyridine rings is 1. The van der Waals surface area contributed by atoms with Crippen molar-refractivity contribution in [3.05, 3.63) is 52.8 Å². The van der Waals surface area contributed by atoms with Crippen molar-refractivity contribution in [2.45, 2.75) is 6.92 Å². The second kappa shape index (κ2) is 3.55. The summed E-state index contributed by atoms with van der Waals surface area (Å²) in [7, 11) is 0. The molecule has 5 nitrogen and oxygen atoms in total. The number of aryl methyl sites for hydroxylation is 1. The minimum absolute atomic E-state index is 0.0888. The zero-order valence-corrected chi connectivity index (χ0v) is 9.21. The number of benzene rings is 1. The van der Waals surface area contributed by atoms with Crippen LogP contribution in [0.1, 0.15) is 5.56 Å². The first-order valence-electron chi connectivity index (χ1n) is 5.23. The summed E-state index contributed by atoms with van der Waals surface area (Å²) >= 11 is 0. The van der Waals surface area contributed by atoms with E-state index in [9.17, 15) is 4.79 Å². The predicted molar refractivity (Wildman–Crippen MR) is 64.2 cm³/mol. The van der Waals surface area contributed by atoms with Crippen molar-refractivity contribution in [2.24, 2.45) is 0 Å². The number of aromatic nitrogens is 4. The summed E-state index contributed by atoms with van der Waals surface area (Å²) < 4.78 is 1.69. The molecular formula is C12H10N4O. The summed E-state index contributed by atoms with van der Waals surface area (Å²) in [4.78, 5) is 18.0. The summed E-state index contributed by atoms with van der Waals surface area (Å²) in [5.41, 5.74) is 2.71. The molecule has 0 unspecified atom stereocenters. The van der Waals surface area contributed by atoms with Crippen LogP contribution >= 0.6 is 0 Å². The highest BCUT2D eigenvalue weighted by Crippen LogP contribution is 2.19. The zero-order valence-electron chi connectivity index (χ0n) is 9.21. The molecule has 0 aliphatic heterocycles. The van der Waals surface area contributed by atoms with Crippen LogP contribution in [0.2, 0.25) is 0 Å². The lowest BCUT2D eigenvalue weighted by atomic mass is 10.1. The Bertz CT molecular complexity index is 728. The van der Waals surface area contributed by atoms with Crippen LogP contribution in [0.25, 0.3) is 16.6 Å². The summed E-state index contributed by atoms with van der Waals surface area (Å²) in [5, 5.41) is 5.07. The summed E-state index contributed by atoms with van der Waals surface area (Å²) in [6, 6.07) is 7.26. The minimum Gasteiger partial charge on any atom is -0.322 e. The fourth-order valence-corrected chi connectivity index (χ4v) is 1.90. The van der Waals surface area contributed by atoms with Gasteiger partial charge >= 0.3 is 0 Å². The molecule has 0 aliphatic rings. The predicted octanol–water partition coefficient (Wildman–Crippen LogP) is 1.42. The van der Waals surface area contributed by atoms with Crippen LogP contribution in [0.4, 0.5) is 0 Å². The van der Waals surface area contributed by atoms with Gasteiger partial charge in [-0.15, -0.1) is 0 Å². The van der Waals surface area contributed by atoms with Crippen molar-refractivity contribution in [1.29, 1.82) is 0 Å². The fourth-order valence-electron chi connectivity index (χ4n) is 1.90. The molecule has 1 N–H and O–H groups in total. The molecule has 2 aromatic heterocycles. The second-order valence-corrected chi connectivity index (χ2v) is 3.89. The van der Waals surface area contributed by atoms with E-state index in [4.69, 9.17) is 0 Å². The number of nitrogens with one attached hydrogen (secondary N) is 1. The van der Waals surface area contributed by atoms with Gasteiger partial charge in [-0.25, -0.2) is 9.67 Å². The Hall–Kier alpha value is -2.43. The lowest BCUT2D eigenvalue weighted by molar-refractivity contribution is 0.879. The first kappa shape index (κ1) is 9.77. The third kappa shape index (κ3) is 1.61. The highest BCUT2D eigenvalue weighted by molar-refractivity contribution is 5.83. The fraction of sp³-hybridized carbons (Fsp3) is 0.0833. The van der Waals surface area contributed by atoms with Gasteiger partial charge in [-0.1, -0.05) is 0 Å². The maximum atomic E-state index is 11.3. The Kier molecular flexibility index (Phi) is 2.04. The highest BCUT2D eigenvalue weighted by Gasteiger charge is 2.03. The van der Waals surface area contributed by atoms with Gasteiger partial charge in [-0.2, -0.15) is 5.10 Å². The van der Waals surface area contributed by atoms with Gasteiger partial charge < -0.3 is 4.98 Å². The van der Waals surface area contributed by atoms with Gasteiger partial charge in [0.15, 0.2) is 0 Å². The molecule has 0 amide bonds. The van der Waals surface area contributed by atoms with Crippen LogP contribution in [-0.4, -0.2) is 19.7 Å². The van der Waals surface area contributed by atoms with E-state index < -0.39 is 0 Å². The molecule has 84 valence electrons. The number of hydrogen-bond acceptors (Lipinski definition) is 3. The first-order valence-corrected chi connectivity index (χ1v) is 5.23. The van der Waals surface area contributed by atoms with Gasteiger partial charge in [-0.3, -0.25) is 4.79 Å². The minimum atomic E-state index is -0.0888. The van der Waals surface area contributed by atoms with Crippen LogP contribution in [0, 0.1) is 6.92 Å². The normalized spacial score (nSPS) is 10.9. The average Bonchev–Trinajstić information content (AvgIpc) is 2.83. The summed E-state index contributed by atoms with van der Waals surface area (Å²) in [6.07, 6.45) is 3.14. The quantitative estimate of drug-likeness (QED) is 0.682. The van der Waals surface area contributed by atoms with E-state index in [1.165, 1.54) is 12.4 Å². The number of nitrogens with zero attached hydrogens (tertiary/aromatic N) is 3. The van der Waals surface area contributed by atoms with E-state index >= 15 is 0 Å². The largest absolute Gasteiger partial charge is 0.322 e. The third-order valence-electron chi connectivity index (χ3n) is 2.70. The average molecular weight is 226 g/mol. The molecule has 1 aromatic carbocycles. The van der Waals surface area contributed by atoms with Crippen LogP contribution in [0.5, 0.6) is 0 Å². The molecule has 2 heterocycles. The van der Waals surface area contributed by atoms with Crippen LogP contribution < -0.4 is 5.56 Å². The molecule has 0 fully saturated rings. The molecule has 0 bridgehead atoms. The van der Waals surface area contributed by atoms with Gasteiger partial charge in [0.2, 0.25) is 5.56 Å². The molecule has 0 radical (unpaired) electrons. The van der Waals surface area contributed by atoms with E-state index in [-0.39, 0.29) is 5.56 Å². The lowest BCUT2D eigenvalue weighted by Crippen LogP contribution is -2.04. The van der Waals surface area contributed by atoms with E-state index in [0.29, 0.717) is 0 Å². The third-order valence-corrected chi connectivity index (χ3v) is 2.70. The van der Waals surface area contributed by atoms with Crippen molar-refractivity contribution < 1.29 is 0 Å². The number of aromatic amines is 1. The van der Waals surface area contributed by atoms with Crippen molar-refractivity contribution >= 4 is 10.9 Å². The molecule has 0 saturated carbocycles. The molecule has 0 atom stereocenters. The van der Waals surface area contributed by atoms with Crippen molar-refractivity contribution in [3.8, 4) is 5.69 Å². The van der Waals surface area contributed by atoms with Gasteiger partial charge in [0, 0.05) is 11.5 Å². The Labute approximate surface area is 96.7 Å². The summed E-state index contributed by atoms with van der Waals surface area (Å²) in [5.74, 6) is 0. The molecule has 0 spiro atoms. The Balaban J connectivity index is 2.32. The number of fused-ring (bicyclic) bond motifs is 1. The molecule has 3 aromatic rings. The Morgan fingerprint density at radius 1 is 1.29 bits per heavy atom. The van der Waals surface area contributed by atoms with E-state index in [2.05, 4.69) is 15.1 Å². The molecule has 0 saturated heterocycles. The molecule has 0 aliphatic carbocycles. The second-order valence-electron chi connectivity index (χ2n) is 3.89. The van der Waals surface area contributed by atoms with Gasteiger partial charge in [0.05, 0.1) is 11.2 Å². The molecule has 3 rings (SSSR count). The first-order chi connectivity index (χ1) is 8.24. The molecule has 17 heavy (non-hydrogen) atoms. The number of H-pyrrole nitrogens is 1. The SMILES string of the molecule is Cc1cc(-n2cncn2)cc2ccc(=O)[nH]c12. The van der Waals surface area contributed by atoms with E-state index in [1.807, 2.05) is 25.1 Å².